The minimum Gasteiger partial charge on any atom is -0.380 e. The summed E-state index contributed by atoms with van der Waals surface area (Å²) in [6.45, 7) is 2.76. The van der Waals surface area contributed by atoms with Gasteiger partial charge >= 0.3 is 0 Å². The van der Waals surface area contributed by atoms with Crippen molar-refractivity contribution in [1.82, 2.24) is 5.32 Å². The molecule has 0 radical (unpaired) electrons. The van der Waals surface area contributed by atoms with Crippen molar-refractivity contribution in [2.45, 2.75) is 44.1 Å². The third-order valence-electron chi connectivity index (χ3n) is 3.68. The van der Waals surface area contributed by atoms with Gasteiger partial charge in [0, 0.05) is 24.0 Å². The molecule has 0 aromatic heterocycles. The third-order valence-corrected chi connectivity index (χ3v) is 5.00. The number of carbonyl (C=O) groups is 1. The molecule has 20 heavy (non-hydrogen) atoms. The molecule has 0 unspecified atom stereocenters. The summed E-state index contributed by atoms with van der Waals surface area (Å²) >= 11 is 1.96. The van der Waals surface area contributed by atoms with E-state index in [4.69, 9.17) is 4.74 Å². The highest BCUT2D eigenvalue weighted by atomic mass is 32.2. The summed E-state index contributed by atoms with van der Waals surface area (Å²) in [7, 11) is 1.67. The van der Waals surface area contributed by atoms with Crippen LogP contribution in [0.3, 0.4) is 0 Å². The zero-order valence-electron chi connectivity index (χ0n) is 12.2. The number of hydrogen-bond acceptors (Lipinski definition) is 3. The fourth-order valence-electron chi connectivity index (χ4n) is 2.68. The van der Waals surface area contributed by atoms with Gasteiger partial charge < -0.3 is 10.1 Å². The summed E-state index contributed by atoms with van der Waals surface area (Å²) < 4.78 is 5.07. The van der Waals surface area contributed by atoms with E-state index in [9.17, 15) is 4.79 Å². The maximum Gasteiger partial charge on any atom is 0.251 e. The standard InChI is InChI=1S/C16H23NO2S/c1-3-20-15-6-4-5-14(15)17-16(18)13-9-7-12(8-10-13)11-19-2/h7-10,14-15H,3-6,11H2,1-2H3,(H,17,18)/t14-,15+/m1/s1. The highest BCUT2D eigenvalue weighted by Crippen LogP contribution is 2.30. The molecular weight excluding hydrogens is 270 g/mol. The Morgan fingerprint density at radius 3 is 2.75 bits per heavy atom. The summed E-state index contributed by atoms with van der Waals surface area (Å²) in [5, 5.41) is 3.77. The van der Waals surface area contributed by atoms with Crippen molar-refractivity contribution in [3.63, 3.8) is 0 Å². The first-order valence-electron chi connectivity index (χ1n) is 7.25. The van der Waals surface area contributed by atoms with Crippen molar-refractivity contribution in [2.24, 2.45) is 0 Å². The fourth-order valence-corrected chi connectivity index (χ4v) is 3.87. The van der Waals surface area contributed by atoms with Gasteiger partial charge in [0.2, 0.25) is 0 Å². The molecule has 1 aromatic rings. The van der Waals surface area contributed by atoms with Crippen LogP contribution in [0.5, 0.6) is 0 Å². The minimum absolute atomic E-state index is 0.0440. The Balaban J connectivity index is 1.93. The van der Waals surface area contributed by atoms with Crippen molar-refractivity contribution < 1.29 is 9.53 Å². The number of rotatable bonds is 6. The number of methoxy groups -OCH3 is 1. The van der Waals surface area contributed by atoms with Crippen LogP contribution in [-0.4, -0.2) is 30.1 Å². The molecule has 0 heterocycles. The minimum atomic E-state index is 0.0440. The Bertz CT molecular complexity index is 433. The average Bonchev–Trinajstić information content (AvgIpc) is 2.88. The number of nitrogens with one attached hydrogen (secondary N) is 1. The van der Waals surface area contributed by atoms with E-state index in [0.717, 1.165) is 23.3 Å². The van der Waals surface area contributed by atoms with E-state index < -0.39 is 0 Å². The average molecular weight is 293 g/mol. The molecule has 110 valence electrons. The molecule has 1 aromatic carbocycles. The predicted molar refractivity (Wildman–Crippen MR) is 84.2 cm³/mol. The molecule has 1 aliphatic rings. The lowest BCUT2D eigenvalue weighted by Crippen LogP contribution is -2.38. The van der Waals surface area contributed by atoms with Crippen molar-refractivity contribution in [2.75, 3.05) is 12.9 Å². The van der Waals surface area contributed by atoms with Crippen LogP contribution in [0, 0.1) is 0 Å². The van der Waals surface area contributed by atoms with E-state index in [2.05, 4.69) is 12.2 Å². The quantitative estimate of drug-likeness (QED) is 0.875. The molecule has 0 aliphatic heterocycles. The zero-order chi connectivity index (χ0) is 14.4. The number of benzene rings is 1. The highest BCUT2D eigenvalue weighted by Gasteiger charge is 2.28. The van der Waals surface area contributed by atoms with Gasteiger partial charge in [-0.1, -0.05) is 25.5 Å². The summed E-state index contributed by atoms with van der Waals surface area (Å²) in [6, 6.07) is 7.98. The van der Waals surface area contributed by atoms with Gasteiger partial charge in [-0.25, -0.2) is 0 Å². The van der Waals surface area contributed by atoms with Crippen LogP contribution in [0.25, 0.3) is 0 Å². The lowest BCUT2D eigenvalue weighted by atomic mass is 10.1. The van der Waals surface area contributed by atoms with Crippen LogP contribution in [0.1, 0.15) is 42.1 Å². The van der Waals surface area contributed by atoms with Crippen LogP contribution in [-0.2, 0) is 11.3 Å². The van der Waals surface area contributed by atoms with Gasteiger partial charge in [0.1, 0.15) is 0 Å². The fraction of sp³-hybridized carbons (Fsp3) is 0.562. The molecule has 1 amide bonds. The van der Waals surface area contributed by atoms with Crippen LogP contribution < -0.4 is 5.32 Å². The normalized spacial score (nSPS) is 21.9. The second-order valence-corrected chi connectivity index (χ2v) is 6.65. The molecule has 2 rings (SSSR count). The molecule has 0 saturated heterocycles. The van der Waals surface area contributed by atoms with Crippen molar-refractivity contribution in [3.05, 3.63) is 35.4 Å². The van der Waals surface area contributed by atoms with Gasteiger partial charge in [-0.2, -0.15) is 11.8 Å². The largest absolute Gasteiger partial charge is 0.380 e. The monoisotopic (exact) mass is 293 g/mol. The Morgan fingerprint density at radius 2 is 2.10 bits per heavy atom. The van der Waals surface area contributed by atoms with Crippen molar-refractivity contribution in [1.29, 1.82) is 0 Å². The predicted octanol–water partition coefficient (Wildman–Crippen LogP) is 3.24. The molecular formula is C16H23NO2S. The van der Waals surface area contributed by atoms with Crippen molar-refractivity contribution >= 4 is 17.7 Å². The molecule has 0 spiro atoms. The Kier molecular flexibility index (Phi) is 5.92. The van der Waals surface area contributed by atoms with E-state index in [1.165, 1.54) is 12.8 Å². The SMILES string of the molecule is CCS[C@H]1CCC[C@H]1NC(=O)c1ccc(COC)cc1. The topological polar surface area (TPSA) is 38.3 Å². The summed E-state index contributed by atoms with van der Waals surface area (Å²) in [4.78, 5) is 12.3. The van der Waals surface area contributed by atoms with Gasteiger partial charge in [0.15, 0.2) is 0 Å². The zero-order valence-corrected chi connectivity index (χ0v) is 13.0. The smallest absolute Gasteiger partial charge is 0.251 e. The molecule has 3 nitrogen and oxygen atoms in total. The summed E-state index contributed by atoms with van der Waals surface area (Å²) in [6.07, 6.45) is 3.54. The molecule has 0 bridgehead atoms. The maximum absolute atomic E-state index is 12.3. The number of thioether (sulfide) groups is 1. The van der Waals surface area contributed by atoms with Gasteiger partial charge in [0.25, 0.3) is 5.91 Å². The van der Waals surface area contributed by atoms with Gasteiger partial charge in [-0.3, -0.25) is 4.79 Å². The van der Waals surface area contributed by atoms with Crippen LogP contribution in [0.15, 0.2) is 24.3 Å². The summed E-state index contributed by atoms with van der Waals surface area (Å²) in [5.41, 5.74) is 1.82. The molecule has 4 heteroatoms. The molecule has 1 fully saturated rings. The van der Waals surface area contributed by atoms with Gasteiger partial charge in [0.05, 0.1) is 6.61 Å². The molecule has 1 aliphatic carbocycles. The van der Waals surface area contributed by atoms with Crippen LogP contribution in [0.4, 0.5) is 0 Å². The number of hydrogen-bond donors (Lipinski definition) is 1. The van der Waals surface area contributed by atoms with Gasteiger partial charge in [-0.05, 0) is 36.3 Å². The number of ether oxygens (including phenoxy) is 1. The highest BCUT2D eigenvalue weighted by molar-refractivity contribution is 7.99. The Labute approximate surface area is 125 Å². The van der Waals surface area contributed by atoms with Gasteiger partial charge in [-0.15, -0.1) is 0 Å². The number of carbonyl (C=O) groups excluding carboxylic acids is 1. The molecule has 2 atom stereocenters. The van der Waals surface area contributed by atoms with E-state index in [0.29, 0.717) is 17.9 Å². The number of amides is 1. The molecule has 1 saturated carbocycles. The van der Waals surface area contributed by atoms with Crippen LogP contribution >= 0.6 is 11.8 Å². The maximum atomic E-state index is 12.3. The van der Waals surface area contributed by atoms with E-state index in [1.54, 1.807) is 7.11 Å². The van der Waals surface area contributed by atoms with E-state index in [-0.39, 0.29) is 5.91 Å². The first kappa shape index (κ1) is 15.4. The van der Waals surface area contributed by atoms with E-state index in [1.807, 2.05) is 36.0 Å². The Hall–Kier alpha value is -1.00. The first-order valence-corrected chi connectivity index (χ1v) is 8.29. The Morgan fingerprint density at radius 1 is 1.35 bits per heavy atom. The lowest BCUT2D eigenvalue weighted by molar-refractivity contribution is 0.0938. The van der Waals surface area contributed by atoms with Crippen molar-refractivity contribution in [3.8, 4) is 0 Å². The van der Waals surface area contributed by atoms with Crippen LogP contribution in [0.2, 0.25) is 0 Å². The second-order valence-electron chi connectivity index (χ2n) is 5.13. The summed E-state index contributed by atoms with van der Waals surface area (Å²) in [5.74, 6) is 1.16. The van der Waals surface area contributed by atoms with E-state index >= 15 is 0 Å². The third kappa shape index (κ3) is 4.00. The first-order chi connectivity index (χ1) is 9.74. The molecule has 1 N–H and O–H groups in total. The second kappa shape index (κ2) is 7.70. The lowest BCUT2D eigenvalue weighted by Gasteiger charge is -2.20.